The zero-order valence-electron chi connectivity index (χ0n) is 8.58. The van der Waals surface area contributed by atoms with E-state index in [0.717, 1.165) is 0 Å². The molecule has 0 radical (unpaired) electrons. The van der Waals surface area contributed by atoms with Crippen LogP contribution in [0.25, 0.3) is 10.8 Å². The topological polar surface area (TPSA) is 74.6 Å². The highest BCUT2D eigenvalue weighted by Crippen LogP contribution is 2.22. The molecule has 0 amide bonds. The summed E-state index contributed by atoms with van der Waals surface area (Å²) in [5.41, 5.74) is 0.223. The number of aromatic carboxylic acids is 2. The first kappa shape index (κ1) is 13.2. The van der Waals surface area contributed by atoms with Crippen molar-refractivity contribution in [3.05, 3.63) is 47.5 Å². The van der Waals surface area contributed by atoms with Gasteiger partial charge in [0.15, 0.2) is 0 Å². The standard InChI is InChI=1S/C12H8O4.BrH/c13-11(14)9-5-6-10(12(15)16)8-4-2-1-3-7(8)9;/h1-6H,(H,13,14)(H,15,16);1H. The van der Waals surface area contributed by atoms with Gasteiger partial charge in [-0.25, -0.2) is 9.59 Å². The second kappa shape index (κ2) is 4.97. The minimum Gasteiger partial charge on any atom is -0.478 e. The molecule has 0 aliphatic rings. The lowest BCUT2D eigenvalue weighted by Gasteiger charge is -2.05. The molecular formula is C12H9BrO4. The molecule has 0 aromatic heterocycles. The largest absolute Gasteiger partial charge is 0.478 e. The monoisotopic (exact) mass is 296 g/mol. The molecule has 0 aliphatic carbocycles. The van der Waals surface area contributed by atoms with Crippen LogP contribution in [0.1, 0.15) is 20.7 Å². The first-order chi connectivity index (χ1) is 7.61. The van der Waals surface area contributed by atoms with Gasteiger partial charge in [0.1, 0.15) is 0 Å². The van der Waals surface area contributed by atoms with Gasteiger partial charge in [0.25, 0.3) is 0 Å². The van der Waals surface area contributed by atoms with Crippen molar-refractivity contribution in [2.45, 2.75) is 0 Å². The van der Waals surface area contributed by atoms with Crippen molar-refractivity contribution >= 4 is 39.7 Å². The number of hydrogen-bond donors (Lipinski definition) is 2. The Kier molecular flexibility index (Phi) is 3.85. The average Bonchev–Trinajstić information content (AvgIpc) is 2.27. The Morgan fingerprint density at radius 1 is 0.765 bits per heavy atom. The summed E-state index contributed by atoms with van der Waals surface area (Å²) in [5, 5.41) is 18.8. The SMILES string of the molecule is Br.O=C(O)c1ccc(C(=O)O)c2ccccc12. The minimum atomic E-state index is -1.06. The lowest BCUT2D eigenvalue weighted by atomic mass is 10.00. The van der Waals surface area contributed by atoms with Crippen molar-refractivity contribution < 1.29 is 19.8 Å². The van der Waals surface area contributed by atoms with Gasteiger partial charge < -0.3 is 10.2 Å². The molecule has 0 bridgehead atoms. The molecule has 0 atom stereocenters. The normalized spacial score (nSPS) is 9.65. The summed E-state index contributed by atoms with van der Waals surface area (Å²) in [5.74, 6) is -2.12. The van der Waals surface area contributed by atoms with Crippen molar-refractivity contribution in [1.29, 1.82) is 0 Å². The molecule has 0 saturated carbocycles. The second-order valence-corrected chi connectivity index (χ2v) is 3.32. The van der Waals surface area contributed by atoms with Crippen LogP contribution < -0.4 is 0 Å². The van der Waals surface area contributed by atoms with E-state index in [1.807, 2.05) is 0 Å². The molecule has 5 heteroatoms. The highest BCUT2D eigenvalue weighted by Gasteiger charge is 2.13. The van der Waals surface area contributed by atoms with Crippen LogP contribution in [-0.2, 0) is 0 Å². The first-order valence-electron chi connectivity index (χ1n) is 4.59. The Labute approximate surface area is 107 Å². The Morgan fingerprint density at radius 3 is 1.41 bits per heavy atom. The van der Waals surface area contributed by atoms with E-state index in [-0.39, 0.29) is 28.1 Å². The van der Waals surface area contributed by atoms with Gasteiger partial charge in [-0.15, -0.1) is 17.0 Å². The molecule has 2 rings (SSSR count). The maximum Gasteiger partial charge on any atom is 0.336 e. The number of carbonyl (C=O) groups is 2. The number of carboxylic acids is 2. The Balaban J connectivity index is 0.00000144. The van der Waals surface area contributed by atoms with Crippen LogP contribution in [0.2, 0.25) is 0 Å². The molecule has 0 unspecified atom stereocenters. The molecule has 0 heterocycles. The van der Waals surface area contributed by atoms with Gasteiger partial charge in [-0.3, -0.25) is 0 Å². The first-order valence-corrected chi connectivity index (χ1v) is 4.59. The number of halogens is 1. The number of benzene rings is 2. The van der Waals surface area contributed by atoms with Crippen molar-refractivity contribution in [3.8, 4) is 0 Å². The highest BCUT2D eigenvalue weighted by molar-refractivity contribution is 8.93. The number of carboxylic acid groups (broad SMARTS) is 2. The fourth-order valence-corrected chi connectivity index (χ4v) is 1.67. The summed E-state index contributed by atoms with van der Waals surface area (Å²) in [6, 6.07) is 9.19. The van der Waals surface area contributed by atoms with E-state index < -0.39 is 11.9 Å². The van der Waals surface area contributed by atoms with Gasteiger partial charge in [-0.05, 0) is 22.9 Å². The van der Waals surface area contributed by atoms with Crippen molar-refractivity contribution in [3.63, 3.8) is 0 Å². The third-order valence-electron chi connectivity index (χ3n) is 2.38. The van der Waals surface area contributed by atoms with Gasteiger partial charge in [-0.1, -0.05) is 24.3 Å². The molecule has 2 N–H and O–H groups in total. The third kappa shape index (κ3) is 2.29. The third-order valence-corrected chi connectivity index (χ3v) is 2.38. The molecular weight excluding hydrogens is 288 g/mol. The van der Waals surface area contributed by atoms with Crippen LogP contribution in [0.15, 0.2) is 36.4 Å². The highest BCUT2D eigenvalue weighted by atomic mass is 79.9. The van der Waals surface area contributed by atoms with E-state index in [2.05, 4.69) is 0 Å². The zero-order chi connectivity index (χ0) is 11.7. The van der Waals surface area contributed by atoms with Crippen LogP contribution in [0.3, 0.4) is 0 Å². The second-order valence-electron chi connectivity index (χ2n) is 3.32. The van der Waals surface area contributed by atoms with E-state index in [9.17, 15) is 9.59 Å². The van der Waals surface area contributed by atoms with E-state index in [1.54, 1.807) is 24.3 Å². The molecule has 4 nitrogen and oxygen atoms in total. The maximum absolute atomic E-state index is 10.9. The predicted octanol–water partition coefficient (Wildman–Crippen LogP) is 2.81. The van der Waals surface area contributed by atoms with Crippen LogP contribution in [0.5, 0.6) is 0 Å². The summed E-state index contributed by atoms with van der Waals surface area (Å²) >= 11 is 0. The van der Waals surface area contributed by atoms with Gasteiger partial charge in [0.2, 0.25) is 0 Å². The smallest absolute Gasteiger partial charge is 0.336 e. The summed E-state index contributed by atoms with van der Waals surface area (Å²) < 4.78 is 0. The van der Waals surface area contributed by atoms with Crippen LogP contribution in [0.4, 0.5) is 0 Å². The molecule has 0 fully saturated rings. The molecule has 17 heavy (non-hydrogen) atoms. The fourth-order valence-electron chi connectivity index (χ4n) is 1.67. The molecule has 88 valence electrons. The Morgan fingerprint density at radius 2 is 1.12 bits per heavy atom. The maximum atomic E-state index is 10.9. The van der Waals surface area contributed by atoms with Gasteiger partial charge in [0.05, 0.1) is 11.1 Å². The Hall–Kier alpha value is -1.88. The number of hydrogen-bond acceptors (Lipinski definition) is 2. The van der Waals surface area contributed by atoms with Gasteiger partial charge >= 0.3 is 11.9 Å². The quantitative estimate of drug-likeness (QED) is 0.893. The van der Waals surface area contributed by atoms with E-state index in [1.165, 1.54) is 12.1 Å². The van der Waals surface area contributed by atoms with Crippen molar-refractivity contribution in [2.24, 2.45) is 0 Å². The molecule has 0 saturated heterocycles. The van der Waals surface area contributed by atoms with Crippen molar-refractivity contribution in [1.82, 2.24) is 0 Å². The van der Waals surface area contributed by atoms with Crippen LogP contribution >= 0.6 is 17.0 Å². The average molecular weight is 297 g/mol. The van der Waals surface area contributed by atoms with E-state index in [0.29, 0.717) is 10.8 Å². The molecule has 0 aliphatic heterocycles. The van der Waals surface area contributed by atoms with Crippen molar-refractivity contribution in [2.75, 3.05) is 0 Å². The van der Waals surface area contributed by atoms with E-state index >= 15 is 0 Å². The summed E-state index contributed by atoms with van der Waals surface area (Å²) in [4.78, 5) is 21.9. The predicted molar refractivity (Wildman–Crippen MR) is 68.2 cm³/mol. The van der Waals surface area contributed by atoms with Gasteiger partial charge in [0, 0.05) is 0 Å². The Bertz CT molecular complexity index is 540. The molecule has 0 spiro atoms. The lowest BCUT2D eigenvalue weighted by molar-refractivity contribution is 0.0684. The van der Waals surface area contributed by atoms with Crippen LogP contribution in [-0.4, -0.2) is 22.2 Å². The lowest BCUT2D eigenvalue weighted by Crippen LogP contribution is -2.02. The fraction of sp³-hybridized carbons (Fsp3) is 0. The van der Waals surface area contributed by atoms with E-state index in [4.69, 9.17) is 10.2 Å². The number of rotatable bonds is 2. The van der Waals surface area contributed by atoms with Crippen LogP contribution in [0, 0.1) is 0 Å². The molecule has 2 aromatic rings. The zero-order valence-corrected chi connectivity index (χ0v) is 10.3. The summed E-state index contributed by atoms with van der Waals surface area (Å²) in [6.07, 6.45) is 0. The summed E-state index contributed by atoms with van der Waals surface area (Å²) in [7, 11) is 0. The summed E-state index contributed by atoms with van der Waals surface area (Å²) in [6.45, 7) is 0. The molecule has 2 aromatic carbocycles. The van der Waals surface area contributed by atoms with Gasteiger partial charge in [-0.2, -0.15) is 0 Å². The minimum absolute atomic E-state index is 0. The number of fused-ring (bicyclic) bond motifs is 1.